The number of rotatable bonds is 7. The summed E-state index contributed by atoms with van der Waals surface area (Å²) in [5.74, 6) is -0.330. The summed E-state index contributed by atoms with van der Waals surface area (Å²) < 4.78 is 25.7. The lowest BCUT2D eigenvalue weighted by atomic mass is 10.2. The smallest absolute Gasteiger partial charge is 0.244 e. The highest BCUT2D eigenvalue weighted by molar-refractivity contribution is 7.92. The SMILES string of the molecule is CC[C@@H](C(=O)NCc1ccncc1)N(c1ccccc1)S(C)(=O)=O. The minimum absolute atomic E-state index is 0.324. The molecule has 0 radical (unpaired) electrons. The molecule has 0 aliphatic heterocycles. The topological polar surface area (TPSA) is 79.4 Å². The maximum atomic E-state index is 12.6. The van der Waals surface area contributed by atoms with Crippen molar-refractivity contribution < 1.29 is 13.2 Å². The van der Waals surface area contributed by atoms with Crippen molar-refractivity contribution in [2.75, 3.05) is 10.6 Å². The van der Waals surface area contributed by atoms with E-state index in [1.807, 2.05) is 0 Å². The summed E-state index contributed by atoms with van der Waals surface area (Å²) in [5.41, 5.74) is 1.38. The largest absolute Gasteiger partial charge is 0.350 e. The molecule has 1 N–H and O–H groups in total. The normalized spacial score (nSPS) is 12.4. The summed E-state index contributed by atoms with van der Waals surface area (Å²) in [6.45, 7) is 2.11. The summed E-state index contributed by atoms with van der Waals surface area (Å²) in [6.07, 6.45) is 4.76. The molecule has 0 bridgehead atoms. The highest BCUT2D eigenvalue weighted by atomic mass is 32.2. The van der Waals surface area contributed by atoms with Gasteiger partial charge in [0.1, 0.15) is 6.04 Å². The summed E-state index contributed by atoms with van der Waals surface area (Å²) in [7, 11) is -3.59. The zero-order chi connectivity index (χ0) is 17.6. The van der Waals surface area contributed by atoms with Crippen molar-refractivity contribution in [3.8, 4) is 0 Å². The molecule has 0 aliphatic carbocycles. The number of carbonyl (C=O) groups is 1. The van der Waals surface area contributed by atoms with Gasteiger partial charge in [-0.3, -0.25) is 14.1 Å². The van der Waals surface area contributed by atoms with E-state index in [0.717, 1.165) is 11.8 Å². The molecule has 0 saturated heterocycles. The molecule has 0 spiro atoms. The summed E-state index contributed by atoms with van der Waals surface area (Å²) in [4.78, 5) is 16.5. The Morgan fingerprint density at radius 1 is 1.17 bits per heavy atom. The van der Waals surface area contributed by atoms with E-state index in [4.69, 9.17) is 0 Å². The minimum atomic E-state index is -3.59. The molecule has 2 aromatic rings. The molecular formula is C17H21N3O3S. The van der Waals surface area contributed by atoms with E-state index in [1.54, 1.807) is 61.8 Å². The van der Waals surface area contributed by atoms with E-state index in [9.17, 15) is 13.2 Å². The second-order valence-electron chi connectivity index (χ2n) is 5.39. The monoisotopic (exact) mass is 347 g/mol. The number of nitrogens with one attached hydrogen (secondary N) is 1. The number of para-hydroxylation sites is 1. The number of anilines is 1. The van der Waals surface area contributed by atoms with Crippen molar-refractivity contribution in [3.05, 3.63) is 60.4 Å². The van der Waals surface area contributed by atoms with Crippen LogP contribution in [0.5, 0.6) is 0 Å². The lowest BCUT2D eigenvalue weighted by Gasteiger charge is -2.30. The Hall–Kier alpha value is -2.41. The van der Waals surface area contributed by atoms with Crippen LogP contribution in [0.4, 0.5) is 5.69 Å². The summed E-state index contributed by atoms with van der Waals surface area (Å²) in [5, 5.41) is 2.80. The summed E-state index contributed by atoms with van der Waals surface area (Å²) in [6, 6.07) is 11.4. The molecule has 0 aliphatic rings. The zero-order valence-electron chi connectivity index (χ0n) is 13.7. The Labute approximate surface area is 142 Å². The van der Waals surface area contributed by atoms with Crippen molar-refractivity contribution in [3.63, 3.8) is 0 Å². The molecule has 6 nitrogen and oxygen atoms in total. The zero-order valence-corrected chi connectivity index (χ0v) is 14.5. The van der Waals surface area contributed by atoms with Crippen LogP contribution in [0, 0.1) is 0 Å². The Morgan fingerprint density at radius 3 is 2.33 bits per heavy atom. The number of pyridine rings is 1. The van der Waals surface area contributed by atoms with Crippen LogP contribution in [0.25, 0.3) is 0 Å². The average Bonchev–Trinajstić information content (AvgIpc) is 2.58. The first-order chi connectivity index (χ1) is 11.4. The molecule has 1 heterocycles. The van der Waals surface area contributed by atoms with Gasteiger partial charge in [0.2, 0.25) is 15.9 Å². The van der Waals surface area contributed by atoms with E-state index in [0.29, 0.717) is 18.7 Å². The maximum absolute atomic E-state index is 12.6. The molecule has 1 aromatic carbocycles. The molecule has 2 rings (SSSR count). The summed E-state index contributed by atoms with van der Waals surface area (Å²) >= 11 is 0. The second-order valence-corrected chi connectivity index (χ2v) is 7.25. The maximum Gasteiger partial charge on any atom is 0.244 e. The fourth-order valence-electron chi connectivity index (χ4n) is 2.44. The standard InChI is InChI=1S/C17H21N3O3S/c1-3-16(17(21)19-13-14-9-11-18-12-10-14)20(24(2,22)23)15-7-5-4-6-8-15/h4-12,16H,3,13H2,1-2H3,(H,19,21)/t16-/m0/s1. The second kappa shape index (κ2) is 7.92. The number of hydrogen-bond acceptors (Lipinski definition) is 4. The predicted octanol–water partition coefficient (Wildman–Crippen LogP) is 1.94. The van der Waals surface area contributed by atoms with Crippen molar-refractivity contribution in [2.24, 2.45) is 0 Å². The van der Waals surface area contributed by atoms with Gasteiger partial charge in [-0.2, -0.15) is 0 Å². The van der Waals surface area contributed by atoms with Crippen molar-refractivity contribution in [1.82, 2.24) is 10.3 Å². The third-order valence-corrected chi connectivity index (χ3v) is 4.74. The van der Waals surface area contributed by atoms with E-state index in [2.05, 4.69) is 10.3 Å². The van der Waals surface area contributed by atoms with Crippen molar-refractivity contribution in [1.29, 1.82) is 0 Å². The molecule has 1 amide bonds. The number of carbonyl (C=O) groups excluding carboxylic acids is 1. The van der Waals surface area contributed by atoms with Crippen LogP contribution in [0.3, 0.4) is 0 Å². The minimum Gasteiger partial charge on any atom is -0.350 e. The quantitative estimate of drug-likeness (QED) is 0.830. The van der Waals surface area contributed by atoms with Gasteiger partial charge in [-0.25, -0.2) is 8.42 Å². The third-order valence-electron chi connectivity index (χ3n) is 3.56. The first-order valence-electron chi connectivity index (χ1n) is 7.64. The number of benzene rings is 1. The van der Waals surface area contributed by atoms with Crippen LogP contribution in [-0.4, -0.2) is 31.6 Å². The van der Waals surface area contributed by atoms with E-state index < -0.39 is 16.1 Å². The van der Waals surface area contributed by atoms with E-state index in [-0.39, 0.29) is 5.91 Å². The van der Waals surface area contributed by atoms with Gasteiger partial charge < -0.3 is 5.32 Å². The van der Waals surface area contributed by atoms with Crippen LogP contribution >= 0.6 is 0 Å². The number of sulfonamides is 1. The Balaban J connectivity index is 2.21. The molecule has 0 unspecified atom stereocenters. The molecule has 24 heavy (non-hydrogen) atoms. The lowest BCUT2D eigenvalue weighted by Crippen LogP contribution is -2.49. The van der Waals surface area contributed by atoms with Crippen molar-refractivity contribution >= 4 is 21.6 Å². The molecule has 7 heteroatoms. The van der Waals surface area contributed by atoms with Crippen LogP contribution in [-0.2, 0) is 21.4 Å². The van der Waals surface area contributed by atoms with Gasteiger partial charge in [0.05, 0.1) is 11.9 Å². The number of amides is 1. The Bertz CT molecular complexity index is 764. The average molecular weight is 347 g/mol. The van der Waals surface area contributed by atoms with E-state index >= 15 is 0 Å². The van der Waals surface area contributed by atoms with Gasteiger partial charge >= 0.3 is 0 Å². The van der Waals surface area contributed by atoms with Crippen LogP contribution < -0.4 is 9.62 Å². The number of hydrogen-bond donors (Lipinski definition) is 1. The van der Waals surface area contributed by atoms with Crippen molar-refractivity contribution in [2.45, 2.75) is 25.9 Å². The van der Waals surface area contributed by atoms with Gasteiger partial charge in [0.15, 0.2) is 0 Å². The van der Waals surface area contributed by atoms with Gasteiger partial charge in [-0.05, 0) is 36.2 Å². The van der Waals surface area contributed by atoms with Gasteiger partial charge in [-0.15, -0.1) is 0 Å². The fraction of sp³-hybridized carbons (Fsp3) is 0.294. The number of aromatic nitrogens is 1. The van der Waals surface area contributed by atoms with Gasteiger partial charge in [-0.1, -0.05) is 25.1 Å². The molecule has 1 atom stereocenters. The van der Waals surface area contributed by atoms with Crippen LogP contribution in [0.1, 0.15) is 18.9 Å². The Morgan fingerprint density at radius 2 is 1.79 bits per heavy atom. The highest BCUT2D eigenvalue weighted by Gasteiger charge is 2.31. The molecule has 0 saturated carbocycles. The van der Waals surface area contributed by atoms with Gasteiger partial charge in [0.25, 0.3) is 0 Å². The predicted molar refractivity (Wildman–Crippen MR) is 93.9 cm³/mol. The van der Waals surface area contributed by atoms with Crippen LogP contribution in [0.2, 0.25) is 0 Å². The molecule has 1 aromatic heterocycles. The molecule has 128 valence electrons. The van der Waals surface area contributed by atoms with Gasteiger partial charge in [0, 0.05) is 18.9 Å². The third kappa shape index (κ3) is 4.55. The molecular weight excluding hydrogens is 326 g/mol. The highest BCUT2D eigenvalue weighted by Crippen LogP contribution is 2.22. The first-order valence-corrected chi connectivity index (χ1v) is 9.49. The lowest BCUT2D eigenvalue weighted by molar-refractivity contribution is -0.122. The first kappa shape index (κ1) is 17.9. The van der Waals surface area contributed by atoms with E-state index in [1.165, 1.54) is 4.31 Å². The molecule has 0 fully saturated rings. The Kier molecular flexibility index (Phi) is 5.92. The van der Waals surface area contributed by atoms with Crippen LogP contribution in [0.15, 0.2) is 54.9 Å². The fourth-order valence-corrected chi connectivity index (χ4v) is 3.65. The number of nitrogens with zero attached hydrogens (tertiary/aromatic N) is 2.